The molecule has 0 amide bonds. The molecule has 0 fully saturated rings. The fourth-order valence-corrected chi connectivity index (χ4v) is 2.31. The van der Waals surface area contributed by atoms with E-state index in [9.17, 15) is 19.2 Å². The third-order valence-corrected chi connectivity index (χ3v) is 3.93. The summed E-state index contributed by atoms with van der Waals surface area (Å²) in [5.74, 6) is -4.16. The summed E-state index contributed by atoms with van der Waals surface area (Å²) >= 11 is 0. The first kappa shape index (κ1) is 34.6. The third-order valence-electron chi connectivity index (χ3n) is 3.93. The van der Waals surface area contributed by atoms with Gasteiger partial charge in [-0.15, -0.1) is 11.4 Å². The van der Waals surface area contributed by atoms with Crippen molar-refractivity contribution in [1.29, 1.82) is 10.5 Å². The van der Waals surface area contributed by atoms with Crippen LogP contribution in [0, 0.1) is 62.6 Å². The summed E-state index contributed by atoms with van der Waals surface area (Å²) < 4.78 is 9.18. The number of carboxylic acids is 2. The number of carbonyl (C=O) groups excluding carboxylic acids is 2. The third kappa shape index (κ3) is 11.7. The Morgan fingerprint density at radius 3 is 1.36 bits per heavy atom. The molecule has 0 saturated carbocycles. The van der Waals surface area contributed by atoms with Crippen molar-refractivity contribution in [2.75, 3.05) is 13.2 Å². The van der Waals surface area contributed by atoms with Crippen LogP contribution in [0.25, 0.3) is 10.9 Å². The molecular formula is C24H20N6O8Th. The van der Waals surface area contributed by atoms with Gasteiger partial charge < -0.3 is 40.7 Å². The maximum absolute atomic E-state index is 11.3. The average Bonchev–Trinajstić information content (AvgIpc) is 2.90. The molecule has 14 nitrogen and oxygen atoms in total. The van der Waals surface area contributed by atoms with Gasteiger partial charge in [-0.2, -0.15) is 10.5 Å². The molecule has 198 valence electrons. The number of hydrogen-bond donors (Lipinski definition) is 2. The molecule has 39 heavy (non-hydrogen) atoms. The quantitative estimate of drug-likeness (QED) is 0.203. The van der Waals surface area contributed by atoms with Gasteiger partial charge in [0.15, 0.2) is 0 Å². The zero-order valence-electron chi connectivity index (χ0n) is 20.6. The van der Waals surface area contributed by atoms with Crippen molar-refractivity contribution in [2.45, 2.75) is 13.8 Å². The molecule has 2 aromatic rings. The Hall–Kier alpha value is -4.44. The van der Waals surface area contributed by atoms with E-state index < -0.39 is 35.3 Å². The number of esters is 2. The second kappa shape index (κ2) is 18.8. The summed E-state index contributed by atoms with van der Waals surface area (Å²) in [6.07, 6.45) is 0. The summed E-state index contributed by atoms with van der Waals surface area (Å²) in [6, 6.07) is 14.8. The Morgan fingerprint density at radius 1 is 0.744 bits per heavy atom. The van der Waals surface area contributed by atoms with E-state index in [0.717, 1.165) is 0 Å². The van der Waals surface area contributed by atoms with E-state index in [1.807, 2.05) is 0 Å². The van der Waals surface area contributed by atoms with E-state index in [-0.39, 0.29) is 75.7 Å². The average molecular weight is 752 g/mol. The number of nitriles is 2. The van der Waals surface area contributed by atoms with Gasteiger partial charge in [0, 0.05) is 11.1 Å². The molecule has 0 aliphatic carbocycles. The minimum atomic E-state index is -1.18. The van der Waals surface area contributed by atoms with Gasteiger partial charge in [0.1, 0.15) is 12.1 Å². The van der Waals surface area contributed by atoms with Crippen molar-refractivity contribution in [2.24, 2.45) is 10.2 Å². The Kier molecular flexibility index (Phi) is 16.6. The molecule has 0 atom stereocenters. The largest absolute Gasteiger partial charge is 2.00 e. The Bertz CT molecular complexity index is 1230. The first-order valence-electron chi connectivity index (χ1n) is 10.6. The normalized spacial score (nSPS) is 10.2. The summed E-state index contributed by atoms with van der Waals surface area (Å²) in [4.78, 5) is 44.3. The van der Waals surface area contributed by atoms with Crippen LogP contribution in [0.2, 0.25) is 0 Å². The Morgan fingerprint density at radius 2 is 1.08 bits per heavy atom. The van der Waals surface area contributed by atoms with Gasteiger partial charge in [-0.1, -0.05) is 36.4 Å². The van der Waals surface area contributed by atoms with Gasteiger partial charge in [0.25, 0.3) is 0 Å². The SMILES string of the molecule is CCOC(=O)/C(C#N)=N\[N-]c1ccccc1C(=O)O.CCOC(=O)/C(C#N)=N\[N-]c1ccccc1C(=O)O.[Th+2]. The van der Waals surface area contributed by atoms with Crippen molar-refractivity contribution in [3.05, 3.63) is 70.5 Å². The fourth-order valence-electron chi connectivity index (χ4n) is 2.31. The molecular weight excluding hydrogens is 732 g/mol. The maximum atomic E-state index is 11.3. The van der Waals surface area contributed by atoms with Crippen molar-refractivity contribution >= 4 is 46.7 Å². The van der Waals surface area contributed by atoms with Gasteiger partial charge in [0.2, 0.25) is 11.4 Å². The predicted molar refractivity (Wildman–Crippen MR) is 132 cm³/mol. The number of rotatable bonds is 10. The summed E-state index contributed by atoms with van der Waals surface area (Å²) in [5, 5.41) is 42.1. The molecule has 0 aliphatic heterocycles. The molecule has 15 heteroatoms. The van der Waals surface area contributed by atoms with Crippen LogP contribution in [0.5, 0.6) is 0 Å². The van der Waals surface area contributed by atoms with Gasteiger partial charge in [0.05, 0.1) is 13.2 Å². The zero-order valence-corrected chi connectivity index (χ0v) is 24.7. The number of hydrogen-bond acceptors (Lipinski definition) is 10. The summed E-state index contributed by atoms with van der Waals surface area (Å²) in [6.45, 7) is 3.38. The molecule has 2 aromatic carbocycles. The molecule has 0 bridgehead atoms. The van der Waals surface area contributed by atoms with Gasteiger partial charge >= 0.3 is 63.8 Å². The van der Waals surface area contributed by atoms with Crippen molar-refractivity contribution in [1.82, 2.24) is 0 Å². The number of nitrogens with zero attached hydrogens (tertiary/aromatic N) is 6. The van der Waals surface area contributed by atoms with Crippen LogP contribution in [0.15, 0.2) is 58.7 Å². The van der Waals surface area contributed by atoms with E-state index in [2.05, 4.69) is 30.5 Å². The van der Waals surface area contributed by atoms with Crippen LogP contribution in [0.4, 0.5) is 11.4 Å². The van der Waals surface area contributed by atoms with Gasteiger partial charge in [-0.25, -0.2) is 19.2 Å². The summed E-state index contributed by atoms with van der Waals surface area (Å²) in [7, 11) is 0. The molecule has 0 aromatic heterocycles. The minimum absolute atomic E-state index is 0. The second-order valence-corrected chi connectivity index (χ2v) is 6.41. The molecule has 0 radical (unpaired) electrons. The predicted octanol–water partition coefficient (Wildman–Crippen LogP) is 3.67. The maximum Gasteiger partial charge on any atom is 2.00 e. The number of benzene rings is 2. The first-order chi connectivity index (χ1) is 18.2. The smallest absolute Gasteiger partial charge is 0.574 e. The van der Waals surface area contributed by atoms with Crippen LogP contribution in [0.1, 0.15) is 34.6 Å². The van der Waals surface area contributed by atoms with Crippen molar-refractivity contribution < 1.29 is 78.8 Å². The molecule has 0 saturated heterocycles. The standard InChI is InChI=1S/2C12H11N3O4.Th/c2*1-2-19-12(18)10(7-13)15-14-9-6-4-3-5-8(9)11(16)17;/h2*3-6H,2H2,1H3,(H2,14,16,17,18);/q;;+2/p-2. The molecule has 0 heterocycles. The van der Waals surface area contributed by atoms with Crippen LogP contribution in [-0.2, 0) is 19.1 Å². The summed E-state index contributed by atoms with van der Waals surface area (Å²) in [5.41, 5.74) is 6.04. The zero-order chi connectivity index (χ0) is 28.5. The van der Waals surface area contributed by atoms with Crippen LogP contribution in [-0.4, -0.2) is 58.7 Å². The Labute approximate surface area is 254 Å². The van der Waals surface area contributed by atoms with E-state index in [0.29, 0.717) is 0 Å². The number of ether oxygens (including phenoxy) is 2. The number of aromatic carboxylic acids is 2. The molecule has 0 aliphatic rings. The molecule has 2 rings (SSSR count). The fraction of sp³-hybridized carbons (Fsp3) is 0.167. The van der Waals surface area contributed by atoms with E-state index in [1.54, 1.807) is 26.0 Å². The topological polar surface area (TPSA) is 228 Å². The van der Waals surface area contributed by atoms with Gasteiger partial charge in [-0.05, 0) is 26.0 Å². The van der Waals surface area contributed by atoms with E-state index in [1.165, 1.54) is 48.5 Å². The molecule has 0 unspecified atom stereocenters. The Balaban J connectivity index is 0.000000722. The van der Waals surface area contributed by atoms with E-state index >= 15 is 0 Å². The monoisotopic (exact) mass is 752 g/mol. The molecule has 2 N–H and O–H groups in total. The van der Waals surface area contributed by atoms with Crippen LogP contribution >= 0.6 is 0 Å². The second-order valence-electron chi connectivity index (χ2n) is 6.41. The molecule has 0 spiro atoms. The number of carbonyl (C=O) groups is 4. The van der Waals surface area contributed by atoms with Crippen LogP contribution in [0.3, 0.4) is 0 Å². The van der Waals surface area contributed by atoms with Crippen molar-refractivity contribution in [3.63, 3.8) is 0 Å². The first-order valence-corrected chi connectivity index (χ1v) is 10.6. The minimum Gasteiger partial charge on any atom is -0.574 e. The van der Waals surface area contributed by atoms with Crippen molar-refractivity contribution in [3.8, 4) is 12.1 Å². The number of carboxylic acid groups (broad SMARTS) is 2. The van der Waals surface area contributed by atoms with Crippen LogP contribution < -0.4 is 0 Å². The van der Waals surface area contributed by atoms with Gasteiger partial charge in [-0.3, -0.25) is 0 Å². The van der Waals surface area contributed by atoms with E-state index in [4.69, 9.17) is 20.7 Å².